The molecule has 0 spiro atoms. The minimum absolute atomic E-state index is 0.181. The first-order chi connectivity index (χ1) is 9.57. The predicted molar refractivity (Wildman–Crippen MR) is 78.2 cm³/mol. The summed E-state index contributed by atoms with van der Waals surface area (Å²) in [7, 11) is -2.86. The van der Waals surface area contributed by atoms with E-state index >= 15 is 0 Å². The van der Waals surface area contributed by atoms with Crippen molar-refractivity contribution < 1.29 is 8.42 Å². The molecule has 3 rings (SSSR count). The third-order valence-electron chi connectivity index (χ3n) is 3.93. The van der Waals surface area contributed by atoms with Crippen molar-refractivity contribution in [2.75, 3.05) is 11.5 Å². The maximum Gasteiger partial charge on any atom is 0.150 e. The predicted octanol–water partition coefficient (Wildman–Crippen LogP) is 1.16. The highest BCUT2D eigenvalue weighted by molar-refractivity contribution is 7.91. The van der Waals surface area contributed by atoms with Crippen LogP contribution in [-0.4, -0.2) is 29.3 Å². The Balaban J connectivity index is 1.87. The molecule has 1 saturated heterocycles. The second-order valence-electron chi connectivity index (χ2n) is 5.54. The molecule has 20 heavy (non-hydrogen) atoms. The molecule has 5 nitrogen and oxygen atoms in total. The molecule has 0 amide bonds. The zero-order chi connectivity index (χ0) is 14.2. The molecule has 1 aliphatic rings. The minimum atomic E-state index is -2.86. The lowest BCUT2D eigenvalue weighted by Crippen LogP contribution is -2.27. The number of nitrogens with two attached hydrogens (primary N) is 1. The molecule has 1 fully saturated rings. The van der Waals surface area contributed by atoms with Gasteiger partial charge >= 0.3 is 0 Å². The van der Waals surface area contributed by atoms with Crippen molar-refractivity contribution in [2.24, 2.45) is 11.7 Å². The van der Waals surface area contributed by atoms with Crippen LogP contribution >= 0.6 is 0 Å². The van der Waals surface area contributed by atoms with Crippen molar-refractivity contribution in [3.05, 3.63) is 35.9 Å². The molecule has 108 valence electrons. The fraction of sp³-hybridized carbons (Fsp3) is 0.500. The monoisotopic (exact) mass is 293 g/mol. The van der Waals surface area contributed by atoms with Crippen LogP contribution in [0, 0.1) is 5.92 Å². The van der Waals surface area contributed by atoms with E-state index in [1.807, 2.05) is 28.9 Å². The van der Waals surface area contributed by atoms with Gasteiger partial charge in [-0.25, -0.2) is 13.4 Å². The molecular weight excluding hydrogens is 274 g/mol. The smallest absolute Gasteiger partial charge is 0.150 e. The first kappa shape index (κ1) is 13.6. The number of pyridine rings is 1. The molecule has 1 atom stereocenters. The zero-order valence-electron chi connectivity index (χ0n) is 11.3. The number of imidazole rings is 1. The van der Waals surface area contributed by atoms with Crippen LogP contribution in [0.5, 0.6) is 0 Å². The van der Waals surface area contributed by atoms with Crippen molar-refractivity contribution in [1.82, 2.24) is 9.38 Å². The van der Waals surface area contributed by atoms with Gasteiger partial charge in [-0.2, -0.15) is 0 Å². The lowest BCUT2D eigenvalue weighted by molar-refractivity contribution is 0.475. The Morgan fingerprint density at radius 2 is 2.25 bits per heavy atom. The van der Waals surface area contributed by atoms with Gasteiger partial charge in [0, 0.05) is 19.2 Å². The fourth-order valence-electron chi connectivity index (χ4n) is 2.90. The lowest BCUT2D eigenvalue weighted by atomic mass is 10.0. The van der Waals surface area contributed by atoms with Crippen molar-refractivity contribution in [3.8, 4) is 0 Å². The summed E-state index contributed by atoms with van der Waals surface area (Å²) >= 11 is 0. The van der Waals surface area contributed by atoms with Gasteiger partial charge in [-0.15, -0.1) is 0 Å². The normalized spacial score (nSPS) is 22.1. The molecule has 0 aromatic carbocycles. The Kier molecular flexibility index (Phi) is 3.52. The SMILES string of the molecule is NCc1ccc2cnc(CC3CCCS(=O)(=O)C3)n2c1. The van der Waals surface area contributed by atoms with Crippen LogP contribution in [0.25, 0.3) is 5.52 Å². The van der Waals surface area contributed by atoms with Gasteiger partial charge in [-0.3, -0.25) is 0 Å². The standard InChI is InChI=1S/C14H19N3O2S/c15-7-12-3-4-13-8-16-14(17(13)9-12)6-11-2-1-5-20(18,19)10-11/h3-4,8-9,11H,1-2,5-7,10,15H2. The van der Waals surface area contributed by atoms with E-state index in [0.717, 1.165) is 29.7 Å². The van der Waals surface area contributed by atoms with Crippen molar-refractivity contribution >= 4 is 15.4 Å². The maximum absolute atomic E-state index is 11.7. The van der Waals surface area contributed by atoms with E-state index in [2.05, 4.69) is 4.98 Å². The highest BCUT2D eigenvalue weighted by Crippen LogP contribution is 2.22. The molecule has 2 aromatic rings. The van der Waals surface area contributed by atoms with E-state index in [9.17, 15) is 8.42 Å². The van der Waals surface area contributed by atoms with Gasteiger partial charge in [0.2, 0.25) is 0 Å². The maximum atomic E-state index is 11.7. The molecule has 3 heterocycles. The molecule has 1 unspecified atom stereocenters. The number of fused-ring (bicyclic) bond motifs is 1. The van der Waals surface area contributed by atoms with Crippen LogP contribution < -0.4 is 5.73 Å². The summed E-state index contributed by atoms with van der Waals surface area (Å²) in [6, 6.07) is 3.99. The first-order valence-electron chi connectivity index (χ1n) is 6.93. The van der Waals surface area contributed by atoms with E-state index in [-0.39, 0.29) is 5.92 Å². The molecule has 6 heteroatoms. The summed E-state index contributed by atoms with van der Waals surface area (Å²) in [6.07, 6.45) is 6.26. The van der Waals surface area contributed by atoms with E-state index in [4.69, 9.17) is 5.73 Å². The third kappa shape index (κ3) is 2.71. The fourth-order valence-corrected chi connectivity index (χ4v) is 4.67. The van der Waals surface area contributed by atoms with Gasteiger partial charge < -0.3 is 10.1 Å². The number of hydrogen-bond acceptors (Lipinski definition) is 4. The Morgan fingerprint density at radius 3 is 3.00 bits per heavy atom. The first-order valence-corrected chi connectivity index (χ1v) is 8.75. The van der Waals surface area contributed by atoms with Gasteiger partial charge in [-0.05, 0) is 30.4 Å². The molecule has 2 aromatic heterocycles. The summed E-state index contributed by atoms with van der Waals surface area (Å²) in [5.41, 5.74) is 7.74. The molecule has 0 bridgehead atoms. The average Bonchev–Trinajstić information content (AvgIpc) is 2.80. The zero-order valence-corrected chi connectivity index (χ0v) is 12.1. The Bertz CT molecular complexity index is 721. The highest BCUT2D eigenvalue weighted by Gasteiger charge is 2.25. The molecule has 0 saturated carbocycles. The Labute approximate surface area is 118 Å². The van der Waals surface area contributed by atoms with Gasteiger partial charge in [0.15, 0.2) is 9.84 Å². The van der Waals surface area contributed by atoms with Crippen molar-refractivity contribution in [2.45, 2.75) is 25.8 Å². The van der Waals surface area contributed by atoms with Crippen LogP contribution in [0.3, 0.4) is 0 Å². The van der Waals surface area contributed by atoms with Crippen LogP contribution in [0.4, 0.5) is 0 Å². The lowest BCUT2D eigenvalue weighted by Gasteiger charge is -2.21. The van der Waals surface area contributed by atoms with E-state index < -0.39 is 9.84 Å². The average molecular weight is 293 g/mol. The minimum Gasteiger partial charge on any atom is -0.326 e. The largest absolute Gasteiger partial charge is 0.326 e. The Hall–Kier alpha value is -1.40. The number of sulfone groups is 1. The topological polar surface area (TPSA) is 77.5 Å². The van der Waals surface area contributed by atoms with Crippen LogP contribution in [-0.2, 0) is 22.8 Å². The van der Waals surface area contributed by atoms with Crippen LogP contribution in [0.2, 0.25) is 0 Å². The van der Waals surface area contributed by atoms with Crippen molar-refractivity contribution in [1.29, 1.82) is 0 Å². The molecule has 0 radical (unpaired) electrons. The number of hydrogen-bond donors (Lipinski definition) is 1. The molecule has 0 aliphatic carbocycles. The second kappa shape index (κ2) is 5.18. The van der Waals surface area contributed by atoms with E-state index in [1.54, 1.807) is 0 Å². The summed E-state index contributed by atoms with van der Waals surface area (Å²) in [5.74, 6) is 1.74. The van der Waals surface area contributed by atoms with Crippen molar-refractivity contribution in [3.63, 3.8) is 0 Å². The second-order valence-corrected chi connectivity index (χ2v) is 7.77. The summed E-state index contributed by atoms with van der Waals surface area (Å²) in [5, 5.41) is 0. The van der Waals surface area contributed by atoms with Crippen LogP contribution in [0.1, 0.15) is 24.2 Å². The summed E-state index contributed by atoms with van der Waals surface area (Å²) in [6.45, 7) is 0.491. The van der Waals surface area contributed by atoms with Gasteiger partial charge in [0.1, 0.15) is 5.82 Å². The van der Waals surface area contributed by atoms with E-state index in [1.165, 1.54) is 0 Å². The quantitative estimate of drug-likeness (QED) is 0.921. The molecule has 1 aliphatic heterocycles. The van der Waals surface area contributed by atoms with Gasteiger partial charge in [0.05, 0.1) is 23.2 Å². The number of rotatable bonds is 3. The van der Waals surface area contributed by atoms with Gasteiger partial charge in [-0.1, -0.05) is 6.07 Å². The summed E-state index contributed by atoms with van der Waals surface area (Å²) < 4.78 is 25.5. The number of aromatic nitrogens is 2. The van der Waals surface area contributed by atoms with Gasteiger partial charge in [0.25, 0.3) is 0 Å². The highest BCUT2D eigenvalue weighted by atomic mass is 32.2. The van der Waals surface area contributed by atoms with E-state index in [0.29, 0.717) is 24.5 Å². The molecular formula is C14H19N3O2S. The third-order valence-corrected chi connectivity index (χ3v) is 5.82. The molecule has 2 N–H and O–H groups in total. The number of nitrogens with zero attached hydrogens (tertiary/aromatic N) is 2. The van der Waals surface area contributed by atoms with Crippen LogP contribution in [0.15, 0.2) is 24.5 Å². The Morgan fingerprint density at radius 1 is 1.40 bits per heavy atom. The summed E-state index contributed by atoms with van der Waals surface area (Å²) in [4.78, 5) is 4.44.